The lowest BCUT2D eigenvalue weighted by molar-refractivity contribution is 0.0922. The second-order valence-corrected chi connectivity index (χ2v) is 12.1. The minimum atomic E-state index is -0.159. The fourth-order valence-corrected chi connectivity index (χ4v) is 6.74. The number of rotatable bonds is 13. The Morgan fingerprint density at radius 2 is 1.71 bits per heavy atom. The Hall–Kier alpha value is -4.11. The number of nitrogens with one attached hydrogen (secondary N) is 2. The Morgan fingerprint density at radius 3 is 2.33 bits per heavy atom. The number of carbonyl (C=O) groups is 2. The van der Waals surface area contributed by atoms with E-state index in [0.29, 0.717) is 29.8 Å². The number of aromatic nitrogens is 1. The molecule has 4 atom stereocenters. The van der Waals surface area contributed by atoms with Gasteiger partial charge >= 0.3 is 0 Å². The molecule has 0 radical (unpaired) electrons. The van der Waals surface area contributed by atoms with E-state index in [9.17, 15) is 9.59 Å². The van der Waals surface area contributed by atoms with Gasteiger partial charge in [-0.3, -0.25) is 9.59 Å². The number of nitrogens with zero attached hydrogens (tertiary/aromatic N) is 3. The van der Waals surface area contributed by atoms with E-state index < -0.39 is 0 Å². The highest BCUT2D eigenvalue weighted by Gasteiger charge is 2.42. The Kier molecular flexibility index (Phi) is 10.6. The minimum absolute atomic E-state index is 0.0536. The SMILES string of the molecule is CCN(CC)CCOc1ccc([C@H](C)NC(=O)c2ccc(N3[C@@H]4CC[C@H]3CC(NC(=O)c3cccc(OC)c3C)C4)nc2)cc1. The molecule has 2 saturated heterocycles. The van der Waals surface area contributed by atoms with Gasteiger partial charge in [0.1, 0.15) is 23.9 Å². The maximum atomic E-state index is 13.1. The minimum Gasteiger partial charge on any atom is -0.496 e. The van der Waals surface area contributed by atoms with Crippen LogP contribution in [0.15, 0.2) is 60.8 Å². The molecule has 0 spiro atoms. The Balaban J connectivity index is 1.13. The third kappa shape index (κ3) is 7.59. The van der Waals surface area contributed by atoms with Crippen LogP contribution in [0.5, 0.6) is 11.5 Å². The molecular weight excluding hydrogens is 566 g/mol. The third-order valence-electron chi connectivity index (χ3n) is 9.39. The van der Waals surface area contributed by atoms with Crippen molar-refractivity contribution in [1.82, 2.24) is 20.5 Å². The summed E-state index contributed by atoms with van der Waals surface area (Å²) in [5.74, 6) is 2.23. The number of amides is 2. The predicted octanol–water partition coefficient (Wildman–Crippen LogP) is 5.54. The van der Waals surface area contributed by atoms with Crippen molar-refractivity contribution in [3.05, 3.63) is 83.0 Å². The van der Waals surface area contributed by atoms with E-state index in [1.807, 2.05) is 68.4 Å². The molecule has 240 valence electrons. The number of anilines is 1. The smallest absolute Gasteiger partial charge is 0.253 e. The molecule has 1 unspecified atom stereocenters. The van der Waals surface area contributed by atoms with Crippen molar-refractivity contribution in [2.45, 2.75) is 77.5 Å². The van der Waals surface area contributed by atoms with Crippen LogP contribution < -0.4 is 25.0 Å². The summed E-state index contributed by atoms with van der Waals surface area (Å²) in [6.45, 7) is 11.8. The number of ether oxygens (including phenoxy) is 2. The first-order valence-electron chi connectivity index (χ1n) is 16.3. The van der Waals surface area contributed by atoms with E-state index in [-0.39, 0.29) is 23.9 Å². The van der Waals surface area contributed by atoms with Gasteiger partial charge in [-0.25, -0.2) is 4.98 Å². The van der Waals surface area contributed by atoms with Gasteiger partial charge in [-0.15, -0.1) is 0 Å². The van der Waals surface area contributed by atoms with E-state index in [0.717, 1.165) is 73.8 Å². The van der Waals surface area contributed by atoms with Gasteiger partial charge in [0, 0.05) is 42.0 Å². The normalized spacial score (nSPS) is 19.7. The van der Waals surface area contributed by atoms with E-state index in [4.69, 9.17) is 14.5 Å². The summed E-state index contributed by atoms with van der Waals surface area (Å²) >= 11 is 0. The summed E-state index contributed by atoms with van der Waals surface area (Å²) in [4.78, 5) is 35.6. The number of hydrogen-bond acceptors (Lipinski definition) is 7. The highest BCUT2D eigenvalue weighted by molar-refractivity contribution is 5.96. The van der Waals surface area contributed by atoms with Crippen molar-refractivity contribution in [1.29, 1.82) is 0 Å². The lowest BCUT2D eigenvalue weighted by atomic mass is 9.96. The second-order valence-electron chi connectivity index (χ2n) is 12.1. The van der Waals surface area contributed by atoms with Crippen molar-refractivity contribution in [2.75, 3.05) is 38.3 Å². The molecule has 2 fully saturated rings. The summed E-state index contributed by atoms with van der Waals surface area (Å²) in [5.41, 5.74) is 3.05. The van der Waals surface area contributed by atoms with Gasteiger partial charge in [0.25, 0.3) is 11.8 Å². The molecule has 3 heterocycles. The van der Waals surface area contributed by atoms with E-state index >= 15 is 0 Å². The van der Waals surface area contributed by atoms with Gasteiger partial charge in [-0.1, -0.05) is 32.0 Å². The zero-order valence-electron chi connectivity index (χ0n) is 27.2. The molecule has 5 rings (SSSR count). The lowest BCUT2D eigenvalue weighted by Crippen LogP contribution is -2.50. The average molecular weight is 614 g/mol. The van der Waals surface area contributed by atoms with Crippen LogP contribution in [0.3, 0.4) is 0 Å². The summed E-state index contributed by atoms with van der Waals surface area (Å²) < 4.78 is 11.3. The molecule has 3 aromatic rings. The molecule has 0 saturated carbocycles. The Morgan fingerprint density at radius 1 is 1.00 bits per heavy atom. The Labute approximate surface area is 267 Å². The topological polar surface area (TPSA) is 96.0 Å². The van der Waals surface area contributed by atoms with E-state index in [2.05, 4.69) is 34.3 Å². The van der Waals surface area contributed by atoms with Crippen molar-refractivity contribution >= 4 is 17.6 Å². The first-order chi connectivity index (χ1) is 21.8. The molecule has 2 N–H and O–H groups in total. The quantitative estimate of drug-likeness (QED) is 0.261. The largest absolute Gasteiger partial charge is 0.496 e. The van der Waals surface area contributed by atoms with Crippen LogP contribution in [-0.4, -0.2) is 73.2 Å². The van der Waals surface area contributed by atoms with Crippen LogP contribution in [0.2, 0.25) is 0 Å². The summed E-state index contributed by atoms with van der Waals surface area (Å²) in [5, 5.41) is 6.37. The summed E-state index contributed by atoms with van der Waals surface area (Å²) in [7, 11) is 1.62. The van der Waals surface area contributed by atoms with Gasteiger partial charge in [0.15, 0.2) is 0 Å². The van der Waals surface area contributed by atoms with Crippen LogP contribution in [0.25, 0.3) is 0 Å². The summed E-state index contributed by atoms with van der Waals surface area (Å²) in [6, 6.07) is 17.8. The van der Waals surface area contributed by atoms with Gasteiger partial charge in [0.2, 0.25) is 0 Å². The fourth-order valence-electron chi connectivity index (χ4n) is 6.74. The highest BCUT2D eigenvalue weighted by Crippen LogP contribution is 2.38. The second kappa shape index (κ2) is 14.8. The van der Waals surface area contributed by atoms with Crippen molar-refractivity contribution < 1.29 is 19.1 Å². The number of likely N-dealkylation sites (N-methyl/N-ethyl adjacent to an activating group) is 1. The number of pyridine rings is 1. The molecule has 2 aliphatic rings. The van der Waals surface area contributed by atoms with Crippen LogP contribution >= 0.6 is 0 Å². The van der Waals surface area contributed by atoms with Gasteiger partial charge in [-0.2, -0.15) is 0 Å². The average Bonchev–Trinajstić information content (AvgIpc) is 3.33. The molecule has 9 nitrogen and oxygen atoms in total. The maximum Gasteiger partial charge on any atom is 0.253 e. The number of carbonyl (C=O) groups excluding carboxylic acids is 2. The molecule has 45 heavy (non-hydrogen) atoms. The number of methoxy groups -OCH3 is 1. The van der Waals surface area contributed by atoms with Crippen molar-refractivity contribution in [2.24, 2.45) is 0 Å². The van der Waals surface area contributed by atoms with Crippen molar-refractivity contribution in [3.63, 3.8) is 0 Å². The molecule has 2 aromatic carbocycles. The number of piperidine rings is 1. The fraction of sp³-hybridized carbons (Fsp3) is 0.472. The number of benzene rings is 2. The lowest BCUT2D eigenvalue weighted by Gasteiger charge is -2.40. The standard InChI is InChI=1S/C36H47N5O4/c1-6-40(7-2)19-20-45-31-16-11-26(12-17-31)25(4)38-35(42)27-13-18-34(37-23-27)41-29-14-15-30(41)22-28(21-29)39-36(43)32-9-8-10-33(44-5)24(32)3/h8-13,16-18,23,25,28-30H,6-7,14-15,19-22H2,1-5H3,(H,38,42)(H,39,43)/t25-,28?,29-,30+/m0/s1. The molecule has 0 aliphatic carbocycles. The van der Waals surface area contributed by atoms with Crippen molar-refractivity contribution in [3.8, 4) is 11.5 Å². The van der Waals surface area contributed by atoms with E-state index in [1.54, 1.807) is 13.3 Å². The molecule has 2 aliphatic heterocycles. The zero-order chi connectivity index (χ0) is 31.9. The first kappa shape index (κ1) is 32.3. The van der Waals surface area contributed by atoms with Gasteiger partial charge < -0.3 is 29.9 Å². The Bertz CT molecular complexity index is 1430. The maximum absolute atomic E-state index is 13.1. The van der Waals surface area contributed by atoms with Crippen LogP contribution in [0.4, 0.5) is 5.82 Å². The zero-order valence-corrected chi connectivity index (χ0v) is 27.2. The van der Waals surface area contributed by atoms with Crippen LogP contribution in [-0.2, 0) is 0 Å². The van der Waals surface area contributed by atoms with Gasteiger partial charge in [0.05, 0.1) is 18.7 Å². The highest BCUT2D eigenvalue weighted by atomic mass is 16.5. The van der Waals surface area contributed by atoms with Gasteiger partial charge in [-0.05, 0) is 94.6 Å². The van der Waals surface area contributed by atoms with Crippen LogP contribution in [0.1, 0.15) is 84.3 Å². The number of hydrogen-bond donors (Lipinski definition) is 2. The van der Waals surface area contributed by atoms with Crippen LogP contribution in [0, 0.1) is 6.92 Å². The monoisotopic (exact) mass is 613 g/mol. The number of fused-ring (bicyclic) bond motifs is 2. The molecule has 2 bridgehead atoms. The van der Waals surface area contributed by atoms with E-state index in [1.165, 1.54) is 0 Å². The third-order valence-corrected chi connectivity index (χ3v) is 9.39. The summed E-state index contributed by atoms with van der Waals surface area (Å²) in [6.07, 6.45) is 5.54. The molecule has 9 heteroatoms. The molecular formula is C36H47N5O4. The molecule has 1 aromatic heterocycles. The molecule has 2 amide bonds. The predicted molar refractivity (Wildman–Crippen MR) is 177 cm³/mol. The first-order valence-corrected chi connectivity index (χ1v) is 16.3.